The summed E-state index contributed by atoms with van der Waals surface area (Å²) in [5.41, 5.74) is 3.63. The molecule has 4 nitrogen and oxygen atoms in total. The summed E-state index contributed by atoms with van der Waals surface area (Å²) in [7, 11) is 1.77. The van der Waals surface area contributed by atoms with Gasteiger partial charge >= 0.3 is 0 Å². The lowest BCUT2D eigenvalue weighted by molar-refractivity contribution is 0.203. The molecule has 3 rings (SSSR count). The molecule has 1 atom stereocenters. The predicted molar refractivity (Wildman–Crippen MR) is 75.6 cm³/mol. The molecule has 0 amide bonds. The molecule has 96 valence electrons. The van der Waals surface area contributed by atoms with E-state index in [0.29, 0.717) is 0 Å². The lowest BCUT2D eigenvalue weighted by Crippen LogP contribution is -2.44. The molecule has 0 bridgehead atoms. The van der Waals surface area contributed by atoms with E-state index in [2.05, 4.69) is 10.3 Å². The first kappa shape index (κ1) is 11.9. The summed E-state index contributed by atoms with van der Waals surface area (Å²) >= 11 is 0. The van der Waals surface area contributed by atoms with Crippen molar-refractivity contribution >= 4 is 11.4 Å². The van der Waals surface area contributed by atoms with Gasteiger partial charge in [-0.2, -0.15) is 0 Å². The monoisotopic (exact) mass is 253 g/mol. The number of benzene rings is 2. The summed E-state index contributed by atoms with van der Waals surface area (Å²) in [5, 5.41) is 14.3. The lowest BCUT2D eigenvalue weighted by atomic mass is 9.99. The third-order valence-electron chi connectivity index (χ3n) is 3.19. The van der Waals surface area contributed by atoms with Crippen molar-refractivity contribution in [1.29, 1.82) is 0 Å². The molecule has 0 spiro atoms. The average Bonchev–Trinajstić information content (AvgIpc) is 2.49. The Balaban J connectivity index is 2.17. The highest BCUT2D eigenvalue weighted by molar-refractivity contribution is 6.16. The SMILES string of the molecule is CNC1N=C(c2ccccc2)c2ccccc2N1O. The quantitative estimate of drug-likeness (QED) is 0.863. The van der Waals surface area contributed by atoms with Crippen molar-refractivity contribution in [3.63, 3.8) is 0 Å². The molecule has 1 unspecified atom stereocenters. The van der Waals surface area contributed by atoms with E-state index in [4.69, 9.17) is 0 Å². The predicted octanol–water partition coefficient (Wildman–Crippen LogP) is 2.24. The zero-order chi connectivity index (χ0) is 13.2. The molecule has 0 saturated heterocycles. The van der Waals surface area contributed by atoms with Gasteiger partial charge in [-0.1, -0.05) is 48.5 Å². The lowest BCUT2D eigenvalue weighted by Gasteiger charge is -2.31. The minimum atomic E-state index is -0.467. The number of anilines is 1. The van der Waals surface area contributed by atoms with Crippen molar-refractivity contribution in [1.82, 2.24) is 5.32 Å². The van der Waals surface area contributed by atoms with Crippen LogP contribution >= 0.6 is 0 Å². The molecular formula is C15H15N3O. The van der Waals surface area contributed by atoms with Crippen molar-refractivity contribution in [2.24, 2.45) is 4.99 Å². The summed E-state index contributed by atoms with van der Waals surface area (Å²) in [5.74, 6) is 0. The average molecular weight is 253 g/mol. The van der Waals surface area contributed by atoms with Gasteiger partial charge in [0.1, 0.15) is 0 Å². The Kier molecular flexibility index (Phi) is 3.03. The van der Waals surface area contributed by atoms with Crippen LogP contribution in [-0.4, -0.2) is 24.3 Å². The second-order valence-corrected chi connectivity index (χ2v) is 4.37. The molecule has 0 aliphatic carbocycles. The fraction of sp³-hybridized carbons (Fsp3) is 0.133. The maximum atomic E-state index is 10.1. The van der Waals surface area contributed by atoms with Crippen LogP contribution in [0.4, 0.5) is 5.69 Å². The molecule has 4 heteroatoms. The zero-order valence-corrected chi connectivity index (χ0v) is 10.6. The Morgan fingerprint density at radius 3 is 2.47 bits per heavy atom. The van der Waals surface area contributed by atoms with Gasteiger partial charge in [0.25, 0.3) is 0 Å². The van der Waals surface area contributed by atoms with Crippen LogP contribution in [0.1, 0.15) is 11.1 Å². The third-order valence-corrected chi connectivity index (χ3v) is 3.19. The van der Waals surface area contributed by atoms with E-state index in [0.717, 1.165) is 27.6 Å². The highest BCUT2D eigenvalue weighted by atomic mass is 16.5. The van der Waals surface area contributed by atoms with Gasteiger partial charge in [0, 0.05) is 11.1 Å². The molecule has 19 heavy (non-hydrogen) atoms. The van der Waals surface area contributed by atoms with Gasteiger partial charge in [-0.3, -0.25) is 10.5 Å². The molecule has 2 N–H and O–H groups in total. The van der Waals surface area contributed by atoms with Crippen LogP contribution in [-0.2, 0) is 0 Å². The summed E-state index contributed by atoms with van der Waals surface area (Å²) in [4.78, 5) is 4.57. The van der Waals surface area contributed by atoms with Crippen LogP contribution in [0.3, 0.4) is 0 Å². The normalized spacial score (nSPS) is 17.9. The summed E-state index contributed by atoms with van der Waals surface area (Å²) in [6.45, 7) is 0. The molecule has 0 fully saturated rings. The standard InChI is InChI=1S/C15H15N3O/c1-16-15-17-14(11-7-3-2-4-8-11)12-9-5-6-10-13(12)18(15)19/h2-10,15-16,19H,1H3. The van der Waals surface area contributed by atoms with Crippen molar-refractivity contribution in [2.75, 3.05) is 12.1 Å². The van der Waals surface area contributed by atoms with Crippen molar-refractivity contribution in [3.8, 4) is 0 Å². The fourth-order valence-electron chi connectivity index (χ4n) is 2.26. The van der Waals surface area contributed by atoms with Gasteiger partial charge in [-0.15, -0.1) is 0 Å². The number of nitrogens with one attached hydrogen (secondary N) is 1. The number of para-hydroxylation sites is 1. The molecule has 1 aliphatic rings. The minimum absolute atomic E-state index is 0.467. The van der Waals surface area contributed by atoms with Crippen LogP contribution in [0.25, 0.3) is 0 Å². The molecular weight excluding hydrogens is 238 g/mol. The van der Waals surface area contributed by atoms with Crippen molar-refractivity contribution in [2.45, 2.75) is 6.29 Å². The number of rotatable bonds is 2. The first-order valence-electron chi connectivity index (χ1n) is 6.19. The Bertz CT molecular complexity index is 610. The van der Waals surface area contributed by atoms with Crippen LogP contribution < -0.4 is 10.4 Å². The summed E-state index contributed by atoms with van der Waals surface area (Å²) in [6, 6.07) is 17.7. The molecule has 1 aliphatic heterocycles. The Morgan fingerprint density at radius 1 is 1.05 bits per heavy atom. The van der Waals surface area contributed by atoms with Gasteiger partial charge < -0.3 is 0 Å². The smallest absolute Gasteiger partial charge is 0.199 e. The number of hydrogen-bond acceptors (Lipinski definition) is 4. The largest absolute Gasteiger partial charge is 0.285 e. The Labute approximate surface area is 112 Å². The van der Waals surface area contributed by atoms with Gasteiger partial charge in [-0.05, 0) is 13.1 Å². The van der Waals surface area contributed by atoms with E-state index in [1.54, 1.807) is 7.05 Å². The number of aliphatic imine (C=N–C) groups is 1. The van der Waals surface area contributed by atoms with Gasteiger partial charge in [0.2, 0.25) is 0 Å². The Morgan fingerprint density at radius 2 is 1.74 bits per heavy atom. The molecule has 1 heterocycles. The number of fused-ring (bicyclic) bond motifs is 1. The maximum absolute atomic E-state index is 10.1. The number of hydrogen-bond donors (Lipinski definition) is 2. The van der Waals surface area contributed by atoms with Gasteiger partial charge in [-0.25, -0.2) is 10.1 Å². The van der Waals surface area contributed by atoms with E-state index in [9.17, 15) is 5.21 Å². The highest BCUT2D eigenvalue weighted by Crippen LogP contribution is 2.28. The van der Waals surface area contributed by atoms with Crippen molar-refractivity contribution in [3.05, 3.63) is 65.7 Å². The van der Waals surface area contributed by atoms with Crippen LogP contribution in [0, 0.1) is 0 Å². The summed E-state index contributed by atoms with van der Waals surface area (Å²) < 4.78 is 0. The minimum Gasteiger partial charge on any atom is -0.285 e. The number of nitrogens with zero attached hydrogens (tertiary/aromatic N) is 2. The third kappa shape index (κ3) is 2.01. The first-order chi connectivity index (χ1) is 9.31. The molecule has 2 aromatic rings. The van der Waals surface area contributed by atoms with E-state index >= 15 is 0 Å². The van der Waals surface area contributed by atoms with Gasteiger partial charge in [0.15, 0.2) is 6.29 Å². The van der Waals surface area contributed by atoms with Crippen LogP contribution in [0.2, 0.25) is 0 Å². The second kappa shape index (κ2) is 4.84. The molecule has 0 radical (unpaired) electrons. The maximum Gasteiger partial charge on any atom is 0.199 e. The molecule has 0 saturated carbocycles. The molecule has 2 aromatic carbocycles. The van der Waals surface area contributed by atoms with E-state index in [1.165, 1.54) is 0 Å². The van der Waals surface area contributed by atoms with Gasteiger partial charge in [0.05, 0.1) is 11.4 Å². The topological polar surface area (TPSA) is 47.9 Å². The number of hydroxylamine groups is 1. The second-order valence-electron chi connectivity index (χ2n) is 4.37. The van der Waals surface area contributed by atoms with E-state index in [-0.39, 0.29) is 0 Å². The highest BCUT2D eigenvalue weighted by Gasteiger charge is 2.26. The molecule has 0 aromatic heterocycles. The summed E-state index contributed by atoms with van der Waals surface area (Å²) in [6.07, 6.45) is -0.467. The van der Waals surface area contributed by atoms with Crippen LogP contribution in [0.5, 0.6) is 0 Å². The fourth-order valence-corrected chi connectivity index (χ4v) is 2.26. The Hall–Kier alpha value is -2.17. The first-order valence-corrected chi connectivity index (χ1v) is 6.19. The van der Waals surface area contributed by atoms with E-state index < -0.39 is 6.29 Å². The van der Waals surface area contributed by atoms with Crippen LogP contribution in [0.15, 0.2) is 59.6 Å². The zero-order valence-electron chi connectivity index (χ0n) is 10.6. The van der Waals surface area contributed by atoms with E-state index in [1.807, 2.05) is 54.6 Å². The van der Waals surface area contributed by atoms with Crippen molar-refractivity contribution < 1.29 is 5.21 Å².